The highest BCUT2D eigenvalue weighted by atomic mass is 19.4. The van der Waals surface area contributed by atoms with Crippen molar-refractivity contribution in [1.29, 1.82) is 0 Å². The number of carbonyl (C=O) groups is 1. The van der Waals surface area contributed by atoms with Gasteiger partial charge in [0.05, 0.1) is 5.56 Å². The SMILES string of the molecule is O=C(O)N1CC=C(c2ccc(F)c(C(F)(F)F)c2)CC1. The standard InChI is InChI=1S/C13H11F4NO2/c14-11-2-1-9(7-10(11)13(15,16)17)8-3-5-18(6-4-8)12(19)20/h1-3,7H,4-6H2,(H,19,20). The van der Waals surface area contributed by atoms with Crippen LogP contribution in [0.25, 0.3) is 5.57 Å². The van der Waals surface area contributed by atoms with E-state index in [1.54, 1.807) is 6.08 Å². The van der Waals surface area contributed by atoms with E-state index in [4.69, 9.17) is 5.11 Å². The first-order chi connectivity index (χ1) is 9.29. The van der Waals surface area contributed by atoms with E-state index in [1.165, 1.54) is 6.07 Å². The average molecular weight is 289 g/mol. The second kappa shape index (κ2) is 5.15. The van der Waals surface area contributed by atoms with Gasteiger partial charge in [0.2, 0.25) is 0 Å². The van der Waals surface area contributed by atoms with Crippen molar-refractivity contribution in [2.45, 2.75) is 12.6 Å². The van der Waals surface area contributed by atoms with Crippen molar-refractivity contribution in [1.82, 2.24) is 4.90 Å². The molecule has 0 aromatic heterocycles. The van der Waals surface area contributed by atoms with Gasteiger partial charge in [-0.05, 0) is 29.7 Å². The first-order valence-corrected chi connectivity index (χ1v) is 5.83. The summed E-state index contributed by atoms with van der Waals surface area (Å²) in [5.74, 6) is -1.31. The number of carboxylic acid groups (broad SMARTS) is 1. The van der Waals surface area contributed by atoms with Crippen LogP contribution in [0, 0.1) is 5.82 Å². The molecule has 3 nitrogen and oxygen atoms in total. The lowest BCUT2D eigenvalue weighted by molar-refractivity contribution is -0.140. The summed E-state index contributed by atoms with van der Waals surface area (Å²) in [7, 11) is 0. The summed E-state index contributed by atoms with van der Waals surface area (Å²) >= 11 is 0. The zero-order valence-corrected chi connectivity index (χ0v) is 10.2. The molecular weight excluding hydrogens is 278 g/mol. The zero-order chi connectivity index (χ0) is 14.9. The molecule has 2 rings (SSSR count). The predicted octanol–water partition coefficient (Wildman–Crippen LogP) is 3.61. The Balaban J connectivity index is 2.29. The third-order valence-electron chi connectivity index (χ3n) is 3.12. The van der Waals surface area contributed by atoms with Crippen LogP contribution in [0.5, 0.6) is 0 Å². The number of nitrogens with zero attached hydrogens (tertiary/aromatic N) is 1. The molecule has 1 aromatic rings. The van der Waals surface area contributed by atoms with Gasteiger partial charge >= 0.3 is 12.3 Å². The van der Waals surface area contributed by atoms with Gasteiger partial charge in [-0.2, -0.15) is 13.2 Å². The Morgan fingerprint density at radius 1 is 1.30 bits per heavy atom. The second-order valence-corrected chi connectivity index (χ2v) is 4.40. The minimum absolute atomic E-state index is 0.114. The first-order valence-electron chi connectivity index (χ1n) is 5.83. The van der Waals surface area contributed by atoms with Crippen molar-refractivity contribution in [3.63, 3.8) is 0 Å². The Morgan fingerprint density at radius 3 is 2.50 bits per heavy atom. The Hall–Kier alpha value is -2.05. The van der Waals surface area contributed by atoms with Crippen molar-refractivity contribution in [2.24, 2.45) is 0 Å². The Labute approximate surface area is 112 Å². The van der Waals surface area contributed by atoms with E-state index in [2.05, 4.69) is 0 Å². The molecule has 0 bridgehead atoms. The van der Waals surface area contributed by atoms with Crippen LogP contribution >= 0.6 is 0 Å². The lowest BCUT2D eigenvalue weighted by Crippen LogP contribution is -2.33. The van der Waals surface area contributed by atoms with Crippen molar-refractivity contribution in [3.05, 3.63) is 41.2 Å². The Bertz CT molecular complexity index is 566. The number of amides is 1. The predicted molar refractivity (Wildman–Crippen MR) is 63.6 cm³/mol. The second-order valence-electron chi connectivity index (χ2n) is 4.40. The van der Waals surface area contributed by atoms with Crippen LogP contribution in [0.15, 0.2) is 24.3 Å². The van der Waals surface area contributed by atoms with Gasteiger partial charge in [0, 0.05) is 13.1 Å². The maximum Gasteiger partial charge on any atom is 0.419 e. The van der Waals surface area contributed by atoms with E-state index >= 15 is 0 Å². The highest BCUT2D eigenvalue weighted by Crippen LogP contribution is 2.34. The van der Waals surface area contributed by atoms with Crippen molar-refractivity contribution in [3.8, 4) is 0 Å². The fourth-order valence-electron chi connectivity index (χ4n) is 2.05. The molecule has 0 radical (unpaired) electrons. The third kappa shape index (κ3) is 2.92. The maximum absolute atomic E-state index is 13.2. The van der Waals surface area contributed by atoms with E-state index in [0.29, 0.717) is 12.0 Å². The highest BCUT2D eigenvalue weighted by molar-refractivity contribution is 5.71. The van der Waals surface area contributed by atoms with Crippen LogP contribution in [0.1, 0.15) is 17.5 Å². The fourth-order valence-corrected chi connectivity index (χ4v) is 2.05. The molecule has 7 heteroatoms. The van der Waals surface area contributed by atoms with Gasteiger partial charge in [0.1, 0.15) is 5.82 Å². The molecule has 0 unspecified atom stereocenters. The molecule has 1 aliphatic rings. The first kappa shape index (κ1) is 14.4. The normalized spacial score (nSPS) is 16.0. The molecule has 1 aromatic carbocycles. The van der Waals surface area contributed by atoms with E-state index in [9.17, 15) is 22.4 Å². The summed E-state index contributed by atoms with van der Waals surface area (Å²) in [4.78, 5) is 11.9. The molecule has 1 heterocycles. The fraction of sp³-hybridized carbons (Fsp3) is 0.308. The highest BCUT2D eigenvalue weighted by Gasteiger charge is 2.34. The van der Waals surface area contributed by atoms with Gasteiger partial charge < -0.3 is 10.0 Å². The van der Waals surface area contributed by atoms with Gasteiger partial charge in [0.15, 0.2) is 0 Å². The van der Waals surface area contributed by atoms with Crippen LogP contribution in [-0.4, -0.2) is 29.2 Å². The molecule has 1 amide bonds. The van der Waals surface area contributed by atoms with E-state index in [0.717, 1.165) is 17.0 Å². The molecule has 20 heavy (non-hydrogen) atoms. The van der Waals surface area contributed by atoms with E-state index in [1.807, 2.05) is 0 Å². The monoisotopic (exact) mass is 289 g/mol. The van der Waals surface area contributed by atoms with Crippen LogP contribution in [0.3, 0.4) is 0 Å². The van der Waals surface area contributed by atoms with Gasteiger partial charge in [-0.25, -0.2) is 9.18 Å². The van der Waals surface area contributed by atoms with Gasteiger partial charge in [0.25, 0.3) is 0 Å². The molecule has 0 atom stereocenters. The van der Waals surface area contributed by atoms with E-state index in [-0.39, 0.29) is 18.7 Å². The topological polar surface area (TPSA) is 40.5 Å². The van der Waals surface area contributed by atoms with Crippen LogP contribution in [0.4, 0.5) is 22.4 Å². The number of alkyl halides is 3. The van der Waals surface area contributed by atoms with Gasteiger partial charge in [-0.15, -0.1) is 0 Å². The third-order valence-corrected chi connectivity index (χ3v) is 3.12. The number of hydrogen-bond acceptors (Lipinski definition) is 1. The summed E-state index contributed by atoms with van der Waals surface area (Å²) in [6.07, 6.45) is -3.97. The molecule has 0 saturated heterocycles. The minimum Gasteiger partial charge on any atom is -0.465 e. The quantitative estimate of drug-likeness (QED) is 0.802. The summed E-state index contributed by atoms with van der Waals surface area (Å²) in [6, 6.07) is 2.81. The minimum atomic E-state index is -4.75. The molecule has 0 aliphatic carbocycles. The van der Waals surface area contributed by atoms with Crippen LogP contribution < -0.4 is 0 Å². The van der Waals surface area contributed by atoms with Gasteiger partial charge in [-0.3, -0.25) is 0 Å². The molecule has 108 valence electrons. The number of hydrogen-bond donors (Lipinski definition) is 1. The molecule has 1 aliphatic heterocycles. The summed E-state index contributed by atoms with van der Waals surface area (Å²) in [6.45, 7) is 0.323. The lowest BCUT2D eigenvalue weighted by Gasteiger charge is -2.24. The Kier molecular flexibility index (Phi) is 3.69. The average Bonchev–Trinajstić information content (AvgIpc) is 2.38. The summed E-state index contributed by atoms with van der Waals surface area (Å²) in [5.41, 5.74) is -0.451. The molecule has 1 N–H and O–H groups in total. The smallest absolute Gasteiger partial charge is 0.419 e. The number of rotatable bonds is 1. The maximum atomic E-state index is 13.2. The lowest BCUT2D eigenvalue weighted by atomic mass is 9.97. The molecular formula is C13H11F4NO2. The van der Waals surface area contributed by atoms with Crippen molar-refractivity contribution < 1.29 is 27.5 Å². The number of halogens is 4. The largest absolute Gasteiger partial charge is 0.465 e. The van der Waals surface area contributed by atoms with Crippen molar-refractivity contribution in [2.75, 3.05) is 13.1 Å². The van der Waals surface area contributed by atoms with Crippen LogP contribution in [0.2, 0.25) is 0 Å². The van der Waals surface area contributed by atoms with Gasteiger partial charge in [-0.1, -0.05) is 12.1 Å². The van der Waals surface area contributed by atoms with Crippen molar-refractivity contribution >= 4 is 11.7 Å². The van der Waals surface area contributed by atoms with Crippen LogP contribution in [-0.2, 0) is 6.18 Å². The molecule has 0 spiro atoms. The summed E-state index contributed by atoms with van der Waals surface area (Å²) < 4.78 is 51.0. The van der Waals surface area contributed by atoms with E-state index < -0.39 is 23.7 Å². The zero-order valence-electron chi connectivity index (χ0n) is 10.2. The number of benzene rings is 1. The molecule has 0 saturated carbocycles. The summed E-state index contributed by atoms with van der Waals surface area (Å²) in [5, 5.41) is 8.78. The molecule has 0 fully saturated rings. The Morgan fingerprint density at radius 2 is 2.00 bits per heavy atom.